The van der Waals surface area contributed by atoms with Crippen LogP contribution >= 0.6 is 0 Å². The van der Waals surface area contributed by atoms with Crippen LogP contribution in [0, 0.1) is 17.8 Å². The van der Waals surface area contributed by atoms with Crippen molar-refractivity contribution in [2.75, 3.05) is 26.2 Å². The molecule has 3 atom stereocenters. The summed E-state index contributed by atoms with van der Waals surface area (Å²) in [6.45, 7) is 8.01. The van der Waals surface area contributed by atoms with Gasteiger partial charge in [-0.15, -0.1) is 0 Å². The van der Waals surface area contributed by atoms with E-state index in [-0.39, 0.29) is 11.8 Å². The van der Waals surface area contributed by atoms with E-state index in [0.717, 1.165) is 6.54 Å². The van der Waals surface area contributed by atoms with Crippen LogP contribution in [0.4, 0.5) is 0 Å². The quantitative estimate of drug-likeness (QED) is 0.732. The minimum atomic E-state index is -0.853. The normalized spacial score (nSPS) is 25.6. The molecule has 0 aliphatic carbocycles. The molecule has 1 heterocycles. The number of hydrogen-bond acceptors (Lipinski definition) is 3. The predicted molar refractivity (Wildman–Crippen MR) is 64.6 cm³/mol. The number of nitrogens with zero attached hydrogens (tertiary/aromatic N) is 1. The Bertz CT molecular complexity index is 293. The number of carbonyl (C=O) groups excluding carboxylic acids is 1. The molecule has 0 aromatic rings. The van der Waals surface area contributed by atoms with Crippen molar-refractivity contribution in [1.82, 2.24) is 10.2 Å². The van der Waals surface area contributed by atoms with Gasteiger partial charge in [-0.1, -0.05) is 13.8 Å². The highest BCUT2D eigenvalue weighted by molar-refractivity contribution is 5.80. The number of hydrogen-bond donors (Lipinski definition) is 2. The second kappa shape index (κ2) is 6.00. The molecule has 98 valence electrons. The first-order valence-corrected chi connectivity index (χ1v) is 6.19. The van der Waals surface area contributed by atoms with Crippen molar-refractivity contribution in [2.24, 2.45) is 17.8 Å². The summed E-state index contributed by atoms with van der Waals surface area (Å²) in [5, 5.41) is 12.1. The van der Waals surface area contributed by atoms with Gasteiger partial charge in [-0.05, 0) is 19.4 Å². The van der Waals surface area contributed by atoms with Crippen molar-refractivity contribution < 1.29 is 14.7 Å². The summed E-state index contributed by atoms with van der Waals surface area (Å²) in [6, 6.07) is 0. The number of aliphatic carboxylic acids is 1. The maximum Gasteiger partial charge on any atom is 0.308 e. The van der Waals surface area contributed by atoms with Crippen molar-refractivity contribution in [2.45, 2.75) is 20.8 Å². The summed E-state index contributed by atoms with van der Waals surface area (Å²) in [7, 11) is 0. The lowest BCUT2D eigenvalue weighted by atomic mass is 9.96. The molecule has 2 N–H and O–H groups in total. The molecule has 5 nitrogen and oxygen atoms in total. The first-order chi connectivity index (χ1) is 7.97. The molecule has 1 rings (SSSR count). The van der Waals surface area contributed by atoms with E-state index in [4.69, 9.17) is 5.11 Å². The van der Waals surface area contributed by atoms with Gasteiger partial charge in [0.1, 0.15) is 0 Å². The lowest BCUT2D eigenvalue weighted by Crippen LogP contribution is -2.42. The molecule has 1 unspecified atom stereocenters. The van der Waals surface area contributed by atoms with Gasteiger partial charge in [0.25, 0.3) is 0 Å². The number of carbonyl (C=O) groups is 2. The zero-order chi connectivity index (χ0) is 13.0. The fourth-order valence-electron chi connectivity index (χ4n) is 2.16. The van der Waals surface area contributed by atoms with Crippen molar-refractivity contribution >= 4 is 11.9 Å². The van der Waals surface area contributed by atoms with Crippen LogP contribution in [0.25, 0.3) is 0 Å². The Kier molecular flexibility index (Phi) is 4.93. The van der Waals surface area contributed by atoms with E-state index >= 15 is 0 Å². The predicted octanol–water partition coefficient (Wildman–Crippen LogP) is 0.411. The first-order valence-electron chi connectivity index (χ1n) is 6.19. The summed E-state index contributed by atoms with van der Waals surface area (Å²) in [5.74, 6) is -0.955. The van der Waals surface area contributed by atoms with Gasteiger partial charge in [-0.2, -0.15) is 0 Å². The lowest BCUT2D eigenvalue weighted by Gasteiger charge is -2.27. The minimum Gasteiger partial charge on any atom is -0.481 e. The second-order valence-corrected chi connectivity index (χ2v) is 4.86. The van der Waals surface area contributed by atoms with Gasteiger partial charge in [0.15, 0.2) is 0 Å². The van der Waals surface area contributed by atoms with Gasteiger partial charge in [-0.3, -0.25) is 9.59 Å². The highest BCUT2D eigenvalue weighted by Crippen LogP contribution is 2.19. The molecule has 0 spiro atoms. The molecule has 1 aliphatic rings. The van der Waals surface area contributed by atoms with E-state index in [0.29, 0.717) is 25.6 Å². The summed E-state index contributed by atoms with van der Waals surface area (Å²) in [6.07, 6.45) is 0. The molecule has 1 fully saturated rings. The summed E-state index contributed by atoms with van der Waals surface area (Å²) in [5.41, 5.74) is 0. The van der Waals surface area contributed by atoms with Gasteiger partial charge in [0.2, 0.25) is 5.91 Å². The van der Waals surface area contributed by atoms with Gasteiger partial charge in [-0.25, -0.2) is 0 Å². The monoisotopic (exact) mass is 242 g/mol. The third kappa shape index (κ3) is 3.43. The largest absolute Gasteiger partial charge is 0.481 e. The first kappa shape index (κ1) is 14.0. The molecule has 17 heavy (non-hydrogen) atoms. The van der Waals surface area contributed by atoms with Gasteiger partial charge < -0.3 is 15.3 Å². The van der Waals surface area contributed by atoms with Crippen molar-refractivity contribution in [1.29, 1.82) is 0 Å². The summed E-state index contributed by atoms with van der Waals surface area (Å²) >= 11 is 0. The van der Waals surface area contributed by atoms with Crippen LogP contribution in [0.3, 0.4) is 0 Å². The van der Waals surface area contributed by atoms with Crippen LogP contribution < -0.4 is 5.32 Å². The topological polar surface area (TPSA) is 69.6 Å². The Hall–Kier alpha value is -1.10. The molecular weight excluding hydrogens is 220 g/mol. The van der Waals surface area contributed by atoms with Crippen LogP contribution in [0.2, 0.25) is 0 Å². The van der Waals surface area contributed by atoms with Crippen molar-refractivity contribution in [3.63, 3.8) is 0 Å². The van der Waals surface area contributed by atoms with E-state index in [9.17, 15) is 9.59 Å². The Balaban J connectivity index is 2.60. The average Bonchev–Trinajstić information content (AvgIpc) is 2.70. The second-order valence-electron chi connectivity index (χ2n) is 4.86. The molecular formula is C12H22N2O3. The SMILES string of the molecule is CCN(CC(C)C(=O)O)C(=O)[C@@H]1CNC[C@H]1C. The van der Waals surface area contributed by atoms with Gasteiger partial charge in [0, 0.05) is 19.6 Å². The van der Waals surface area contributed by atoms with E-state index in [1.54, 1.807) is 11.8 Å². The zero-order valence-electron chi connectivity index (χ0n) is 10.8. The molecule has 0 aromatic carbocycles. The average molecular weight is 242 g/mol. The van der Waals surface area contributed by atoms with Crippen LogP contribution in [0.15, 0.2) is 0 Å². The molecule has 1 aliphatic heterocycles. The third-order valence-electron chi connectivity index (χ3n) is 3.44. The Morgan fingerprint density at radius 2 is 2.12 bits per heavy atom. The van der Waals surface area contributed by atoms with Crippen LogP contribution in [0.1, 0.15) is 20.8 Å². The third-order valence-corrected chi connectivity index (χ3v) is 3.44. The lowest BCUT2D eigenvalue weighted by molar-refractivity contribution is -0.144. The molecule has 0 radical (unpaired) electrons. The fourth-order valence-corrected chi connectivity index (χ4v) is 2.16. The highest BCUT2D eigenvalue weighted by atomic mass is 16.4. The molecule has 0 saturated carbocycles. The maximum absolute atomic E-state index is 12.2. The van der Waals surface area contributed by atoms with E-state index in [1.807, 2.05) is 6.92 Å². The molecule has 1 amide bonds. The van der Waals surface area contributed by atoms with E-state index in [2.05, 4.69) is 12.2 Å². The minimum absolute atomic E-state index is 0.00375. The van der Waals surface area contributed by atoms with Crippen molar-refractivity contribution in [3.05, 3.63) is 0 Å². The molecule has 0 aromatic heterocycles. The number of nitrogens with one attached hydrogen (secondary N) is 1. The smallest absolute Gasteiger partial charge is 0.308 e. The molecule has 1 saturated heterocycles. The fraction of sp³-hybridized carbons (Fsp3) is 0.833. The number of rotatable bonds is 5. The summed E-state index contributed by atoms with van der Waals surface area (Å²) < 4.78 is 0. The number of amides is 1. The molecule has 5 heteroatoms. The van der Waals surface area contributed by atoms with Crippen LogP contribution in [-0.2, 0) is 9.59 Å². The van der Waals surface area contributed by atoms with Crippen LogP contribution in [0.5, 0.6) is 0 Å². The zero-order valence-corrected chi connectivity index (χ0v) is 10.8. The Labute approximate surface area is 102 Å². The number of carboxylic acids is 1. The van der Waals surface area contributed by atoms with E-state index in [1.165, 1.54) is 0 Å². The maximum atomic E-state index is 12.2. The summed E-state index contributed by atoms with van der Waals surface area (Å²) in [4.78, 5) is 24.7. The van der Waals surface area contributed by atoms with E-state index < -0.39 is 11.9 Å². The Morgan fingerprint density at radius 3 is 2.53 bits per heavy atom. The number of carboxylic acid groups (broad SMARTS) is 1. The highest BCUT2D eigenvalue weighted by Gasteiger charge is 2.33. The van der Waals surface area contributed by atoms with Crippen LogP contribution in [-0.4, -0.2) is 48.1 Å². The molecule has 0 bridgehead atoms. The van der Waals surface area contributed by atoms with Gasteiger partial charge >= 0.3 is 5.97 Å². The van der Waals surface area contributed by atoms with Gasteiger partial charge in [0.05, 0.1) is 11.8 Å². The standard InChI is InChI=1S/C12H22N2O3/c1-4-14(7-9(3)12(16)17)11(15)10-6-13-5-8(10)2/h8-10,13H,4-7H2,1-3H3,(H,16,17)/t8-,9?,10-/m1/s1. The Morgan fingerprint density at radius 1 is 1.47 bits per heavy atom. The van der Waals surface area contributed by atoms with Crippen molar-refractivity contribution in [3.8, 4) is 0 Å².